The first-order valence-electron chi connectivity index (χ1n) is 11.9. The lowest BCUT2D eigenvalue weighted by Gasteiger charge is -2.30. The first kappa shape index (κ1) is 28.5. The standard InChI is InChI=1S/C27H35N3O6/c1-27(2,3)36-25(33)29-23(17-20-11-6-4-7-12-20)24(32)30(22(18-31)15-10-16-28)26(34)35-19-21-13-8-5-9-14-21/h4-9,11-14,18,22-23H,10,15-17,19,28H2,1-3H3,(H,29,33)/t22-,23-/m0/s1. The highest BCUT2D eigenvalue weighted by Crippen LogP contribution is 2.15. The number of imide groups is 1. The minimum absolute atomic E-state index is 0.0733. The molecule has 3 amide bonds. The fourth-order valence-electron chi connectivity index (χ4n) is 3.43. The monoisotopic (exact) mass is 497 g/mol. The molecule has 0 unspecified atom stereocenters. The van der Waals surface area contributed by atoms with Crippen LogP contribution in [-0.2, 0) is 32.1 Å². The van der Waals surface area contributed by atoms with Crippen LogP contribution in [0.2, 0.25) is 0 Å². The molecule has 2 rings (SSSR count). The van der Waals surface area contributed by atoms with E-state index in [1.54, 1.807) is 69.3 Å². The number of carbonyl (C=O) groups is 4. The highest BCUT2D eigenvalue weighted by molar-refractivity contribution is 5.98. The van der Waals surface area contributed by atoms with Crippen molar-refractivity contribution in [1.29, 1.82) is 0 Å². The molecule has 0 aliphatic heterocycles. The fraction of sp³-hybridized carbons (Fsp3) is 0.407. The highest BCUT2D eigenvalue weighted by Gasteiger charge is 2.37. The molecule has 3 N–H and O–H groups in total. The summed E-state index contributed by atoms with van der Waals surface area (Å²) in [6, 6.07) is 15.7. The third-order valence-electron chi connectivity index (χ3n) is 5.10. The zero-order chi connectivity index (χ0) is 26.6. The van der Waals surface area contributed by atoms with Crippen LogP contribution in [0.5, 0.6) is 0 Å². The zero-order valence-corrected chi connectivity index (χ0v) is 21.0. The van der Waals surface area contributed by atoms with E-state index < -0.39 is 35.8 Å². The lowest BCUT2D eigenvalue weighted by atomic mass is 10.0. The third-order valence-corrected chi connectivity index (χ3v) is 5.10. The molecule has 0 heterocycles. The molecule has 0 aliphatic rings. The molecule has 36 heavy (non-hydrogen) atoms. The van der Waals surface area contributed by atoms with Crippen molar-refractivity contribution in [1.82, 2.24) is 10.2 Å². The van der Waals surface area contributed by atoms with Crippen LogP contribution in [0.25, 0.3) is 0 Å². The summed E-state index contributed by atoms with van der Waals surface area (Å²) in [6.45, 7) is 5.28. The molecule has 194 valence electrons. The number of aldehydes is 1. The van der Waals surface area contributed by atoms with Crippen LogP contribution in [0.3, 0.4) is 0 Å². The molecule has 0 radical (unpaired) electrons. The van der Waals surface area contributed by atoms with Gasteiger partial charge in [-0.15, -0.1) is 0 Å². The van der Waals surface area contributed by atoms with Crippen LogP contribution in [0.1, 0.15) is 44.7 Å². The molecule has 0 bridgehead atoms. The van der Waals surface area contributed by atoms with E-state index in [1.165, 1.54) is 0 Å². The smallest absolute Gasteiger partial charge is 0.417 e. The van der Waals surface area contributed by atoms with E-state index >= 15 is 0 Å². The first-order chi connectivity index (χ1) is 17.1. The van der Waals surface area contributed by atoms with Gasteiger partial charge in [0.05, 0.1) is 6.04 Å². The molecule has 2 aromatic rings. The molecule has 0 fully saturated rings. The highest BCUT2D eigenvalue weighted by atomic mass is 16.6. The van der Waals surface area contributed by atoms with Gasteiger partial charge in [0.15, 0.2) is 0 Å². The van der Waals surface area contributed by atoms with Crippen molar-refractivity contribution in [2.75, 3.05) is 6.54 Å². The number of hydrogen-bond acceptors (Lipinski definition) is 7. The number of carbonyl (C=O) groups excluding carboxylic acids is 4. The average Bonchev–Trinajstić information content (AvgIpc) is 2.84. The SMILES string of the molecule is CC(C)(C)OC(=O)N[C@@H](Cc1ccccc1)C(=O)N(C(=O)OCc1ccccc1)[C@H](C=O)CCCN. The van der Waals surface area contributed by atoms with Crippen LogP contribution < -0.4 is 11.1 Å². The van der Waals surface area contributed by atoms with Crippen molar-refractivity contribution in [3.8, 4) is 0 Å². The number of nitrogens with two attached hydrogens (primary N) is 1. The van der Waals surface area contributed by atoms with Crippen molar-refractivity contribution < 1.29 is 28.7 Å². The maximum Gasteiger partial charge on any atom is 0.417 e. The Morgan fingerprint density at radius 2 is 1.58 bits per heavy atom. The van der Waals surface area contributed by atoms with E-state index in [0.717, 1.165) is 16.0 Å². The summed E-state index contributed by atoms with van der Waals surface area (Å²) in [7, 11) is 0. The molecule has 0 saturated carbocycles. The molecular formula is C27H35N3O6. The molecule has 0 aromatic heterocycles. The number of ether oxygens (including phenoxy) is 2. The van der Waals surface area contributed by atoms with Crippen molar-refractivity contribution in [3.63, 3.8) is 0 Å². The van der Waals surface area contributed by atoms with Gasteiger partial charge in [-0.05, 0) is 51.3 Å². The van der Waals surface area contributed by atoms with Gasteiger partial charge in [-0.3, -0.25) is 4.79 Å². The predicted octanol–water partition coefficient (Wildman–Crippen LogP) is 3.59. The minimum Gasteiger partial charge on any atom is -0.444 e. The van der Waals surface area contributed by atoms with E-state index in [2.05, 4.69) is 5.32 Å². The van der Waals surface area contributed by atoms with E-state index in [0.29, 0.717) is 12.7 Å². The van der Waals surface area contributed by atoms with Gasteiger partial charge >= 0.3 is 12.2 Å². The molecule has 0 aliphatic carbocycles. The Morgan fingerprint density at radius 3 is 2.11 bits per heavy atom. The van der Waals surface area contributed by atoms with Gasteiger partial charge in [0, 0.05) is 6.42 Å². The van der Waals surface area contributed by atoms with Crippen LogP contribution in [0.4, 0.5) is 9.59 Å². The number of nitrogens with zero attached hydrogens (tertiary/aromatic N) is 1. The molecule has 0 saturated heterocycles. The van der Waals surface area contributed by atoms with Crippen molar-refractivity contribution in [3.05, 3.63) is 71.8 Å². The topological polar surface area (TPSA) is 128 Å². The summed E-state index contributed by atoms with van der Waals surface area (Å²) in [5.74, 6) is -0.781. The summed E-state index contributed by atoms with van der Waals surface area (Å²) >= 11 is 0. The molecule has 2 atom stereocenters. The summed E-state index contributed by atoms with van der Waals surface area (Å²) in [4.78, 5) is 52.2. The predicted molar refractivity (Wildman–Crippen MR) is 135 cm³/mol. The number of benzene rings is 2. The number of amides is 3. The summed E-state index contributed by atoms with van der Waals surface area (Å²) in [6.07, 6.45) is -0.645. The zero-order valence-electron chi connectivity index (χ0n) is 21.0. The van der Waals surface area contributed by atoms with Crippen LogP contribution in [0.15, 0.2) is 60.7 Å². The molecule has 2 aromatic carbocycles. The van der Waals surface area contributed by atoms with E-state index in [1.807, 2.05) is 12.1 Å². The molecule has 9 nitrogen and oxygen atoms in total. The number of rotatable bonds is 11. The summed E-state index contributed by atoms with van der Waals surface area (Å²) in [5, 5.41) is 2.57. The Hall–Kier alpha value is -3.72. The third kappa shape index (κ3) is 9.50. The van der Waals surface area contributed by atoms with Gasteiger partial charge in [-0.25, -0.2) is 14.5 Å². The lowest BCUT2D eigenvalue weighted by Crippen LogP contribution is -2.56. The van der Waals surface area contributed by atoms with Gasteiger partial charge in [0.2, 0.25) is 0 Å². The Labute approximate surface area is 211 Å². The number of nitrogens with one attached hydrogen (secondary N) is 1. The van der Waals surface area contributed by atoms with Gasteiger partial charge in [0.25, 0.3) is 5.91 Å². The van der Waals surface area contributed by atoms with Gasteiger partial charge < -0.3 is 25.3 Å². The van der Waals surface area contributed by atoms with Gasteiger partial charge in [-0.1, -0.05) is 60.7 Å². The number of hydrogen-bond donors (Lipinski definition) is 2. The maximum atomic E-state index is 13.7. The Morgan fingerprint density at radius 1 is 1.00 bits per heavy atom. The fourth-order valence-corrected chi connectivity index (χ4v) is 3.43. The Balaban J connectivity index is 2.34. The second-order valence-electron chi connectivity index (χ2n) is 9.27. The van der Waals surface area contributed by atoms with Gasteiger partial charge in [0.1, 0.15) is 24.5 Å². The second-order valence-corrected chi connectivity index (χ2v) is 9.27. The van der Waals surface area contributed by atoms with E-state index in [4.69, 9.17) is 15.2 Å². The molecular weight excluding hydrogens is 462 g/mol. The van der Waals surface area contributed by atoms with E-state index in [9.17, 15) is 19.2 Å². The van der Waals surface area contributed by atoms with Crippen LogP contribution in [-0.4, -0.2) is 53.5 Å². The molecule has 9 heteroatoms. The second kappa shape index (κ2) is 14.0. The number of alkyl carbamates (subject to hydrolysis) is 1. The summed E-state index contributed by atoms with van der Waals surface area (Å²) in [5.41, 5.74) is 6.26. The van der Waals surface area contributed by atoms with Crippen molar-refractivity contribution in [2.45, 2.75) is 64.3 Å². The quantitative estimate of drug-likeness (QED) is 0.454. The summed E-state index contributed by atoms with van der Waals surface area (Å²) < 4.78 is 10.7. The maximum absolute atomic E-state index is 13.7. The lowest BCUT2D eigenvalue weighted by molar-refractivity contribution is -0.136. The minimum atomic E-state index is -1.19. The Kier molecular flexibility index (Phi) is 11.1. The molecule has 0 spiro atoms. The largest absolute Gasteiger partial charge is 0.444 e. The van der Waals surface area contributed by atoms with Crippen molar-refractivity contribution >= 4 is 24.4 Å². The normalized spacial score (nSPS) is 12.7. The van der Waals surface area contributed by atoms with Crippen LogP contribution in [0, 0.1) is 0 Å². The van der Waals surface area contributed by atoms with E-state index in [-0.39, 0.29) is 26.0 Å². The van der Waals surface area contributed by atoms with Crippen molar-refractivity contribution in [2.24, 2.45) is 5.73 Å². The van der Waals surface area contributed by atoms with Crippen LogP contribution >= 0.6 is 0 Å². The first-order valence-corrected chi connectivity index (χ1v) is 11.9. The van der Waals surface area contributed by atoms with Gasteiger partial charge in [-0.2, -0.15) is 0 Å². The average molecular weight is 498 g/mol. The Bertz CT molecular complexity index is 992.